The predicted molar refractivity (Wildman–Crippen MR) is 135 cm³/mol. The van der Waals surface area contributed by atoms with Crippen molar-refractivity contribution in [3.05, 3.63) is 129 Å². The van der Waals surface area contributed by atoms with Crippen molar-refractivity contribution in [1.82, 2.24) is 0 Å². The molecular weight excluding hydrogens is 535 g/mol. The number of halogens is 2. The van der Waals surface area contributed by atoms with E-state index in [1.807, 2.05) is 91.0 Å². The first-order chi connectivity index (χ1) is 15.1. The van der Waals surface area contributed by atoms with E-state index >= 15 is 0 Å². The standard InChI is InChI=1S/C26H17Br2O2P/c27-20-10-6-8-18(16-20)25-23-14-4-5-15-24(23)31(29,22-12-2-1-3-13-22)30-26(25)19-9-7-11-21(28)17-19/h1-17H. The van der Waals surface area contributed by atoms with Gasteiger partial charge in [0.15, 0.2) is 0 Å². The summed E-state index contributed by atoms with van der Waals surface area (Å²) in [6, 6.07) is 33.3. The Balaban J connectivity index is 1.86. The van der Waals surface area contributed by atoms with Crippen LogP contribution in [0.25, 0.3) is 11.3 Å². The van der Waals surface area contributed by atoms with E-state index in [0.717, 1.165) is 36.5 Å². The van der Waals surface area contributed by atoms with E-state index in [-0.39, 0.29) is 0 Å². The number of hydrogen-bond donors (Lipinski definition) is 0. The molecule has 0 fully saturated rings. The fraction of sp³-hybridized carbons (Fsp3) is 0. The monoisotopic (exact) mass is 550 g/mol. The lowest BCUT2D eigenvalue weighted by Crippen LogP contribution is -2.25. The van der Waals surface area contributed by atoms with Crippen LogP contribution in [-0.2, 0) is 9.09 Å². The number of benzene rings is 4. The van der Waals surface area contributed by atoms with Crippen LogP contribution < -0.4 is 10.6 Å². The summed E-state index contributed by atoms with van der Waals surface area (Å²) in [6.45, 7) is 0. The van der Waals surface area contributed by atoms with Crippen LogP contribution in [0.2, 0.25) is 0 Å². The number of rotatable bonds is 3. The van der Waals surface area contributed by atoms with Crippen LogP contribution in [-0.4, -0.2) is 0 Å². The average Bonchev–Trinajstić information content (AvgIpc) is 2.79. The van der Waals surface area contributed by atoms with Crippen LogP contribution in [0.5, 0.6) is 0 Å². The summed E-state index contributed by atoms with van der Waals surface area (Å²) in [5.41, 5.74) is 3.72. The van der Waals surface area contributed by atoms with Crippen LogP contribution >= 0.6 is 39.2 Å². The Hall–Kier alpha value is -2.39. The van der Waals surface area contributed by atoms with Gasteiger partial charge in [-0.15, -0.1) is 0 Å². The van der Waals surface area contributed by atoms with Gasteiger partial charge in [-0.25, -0.2) is 0 Å². The summed E-state index contributed by atoms with van der Waals surface area (Å²) < 4.78 is 22.9. The van der Waals surface area contributed by atoms with Crippen molar-refractivity contribution < 1.29 is 9.09 Å². The van der Waals surface area contributed by atoms with Gasteiger partial charge < -0.3 is 4.52 Å². The minimum atomic E-state index is -3.35. The van der Waals surface area contributed by atoms with E-state index in [1.165, 1.54) is 0 Å². The molecule has 4 aromatic carbocycles. The second kappa shape index (κ2) is 8.27. The molecule has 1 atom stereocenters. The van der Waals surface area contributed by atoms with Crippen molar-refractivity contribution in [3.8, 4) is 0 Å². The van der Waals surface area contributed by atoms with Gasteiger partial charge in [0.25, 0.3) is 0 Å². The van der Waals surface area contributed by atoms with E-state index in [1.54, 1.807) is 0 Å². The molecule has 0 aromatic heterocycles. The third-order valence-electron chi connectivity index (χ3n) is 5.23. The van der Waals surface area contributed by atoms with Gasteiger partial charge in [-0.1, -0.05) is 92.5 Å². The van der Waals surface area contributed by atoms with E-state index < -0.39 is 7.37 Å². The van der Waals surface area contributed by atoms with Crippen LogP contribution in [0.15, 0.2) is 112 Å². The van der Waals surface area contributed by atoms with Gasteiger partial charge in [0.2, 0.25) is 0 Å². The highest BCUT2D eigenvalue weighted by atomic mass is 79.9. The van der Waals surface area contributed by atoms with Gasteiger partial charge in [0.05, 0.1) is 10.6 Å². The van der Waals surface area contributed by atoms with Gasteiger partial charge >= 0.3 is 7.37 Å². The zero-order valence-corrected chi connectivity index (χ0v) is 20.4. The fourth-order valence-corrected chi connectivity index (χ4v) is 6.95. The molecule has 31 heavy (non-hydrogen) atoms. The number of fused-ring (bicyclic) bond motifs is 1. The van der Waals surface area contributed by atoms with Gasteiger partial charge in [-0.3, -0.25) is 4.57 Å². The van der Waals surface area contributed by atoms with Crippen LogP contribution in [0.1, 0.15) is 16.7 Å². The Morgan fingerprint density at radius 2 is 1.26 bits per heavy atom. The Labute approximate surface area is 198 Å². The fourth-order valence-electron chi connectivity index (χ4n) is 3.86. The first-order valence-electron chi connectivity index (χ1n) is 9.78. The minimum Gasteiger partial charge on any atom is -0.436 e. The molecule has 0 amide bonds. The summed E-state index contributed by atoms with van der Waals surface area (Å²) in [4.78, 5) is 0. The predicted octanol–water partition coefficient (Wildman–Crippen LogP) is 7.39. The Morgan fingerprint density at radius 3 is 1.97 bits per heavy atom. The van der Waals surface area contributed by atoms with E-state index in [0.29, 0.717) is 11.1 Å². The molecule has 0 spiro atoms. The first kappa shape index (κ1) is 20.5. The largest absolute Gasteiger partial charge is 0.436 e. The lowest BCUT2D eigenvalue weighted by molar-refractivity contribution is 0.480. The second-order valence-corrected chi connectivity index (χ2v) is 11.3. The molecule has 4 aromatic rings. The Kier molecular flexibility index (Phi) is 5.47. The zero-order valence-electron chi connectivity index (χ0n) is 16.3. The highest BCUT2D eigenvalue weighted by Crippen LogP contribution is 2.56. The molecule has 1 aliphatic heterocycles. The maximum absolute atomic E-state index is 14.5. The maximum atomic E-state index is 14.5. The summed E-state index contributed by atoms with van der Waals surface area (Å²) in [7, 11) is -3.35. The summed E-state index contributed by atoms with van der Waals surface area (Å²) in [6.07, 6.45) is 0. The lowest BCUT2D eigenvalue weighted by Gasteiger charge is -2.31. The molecule has 1 heterocycles. The smallest absolute Gasteiger partial charge is 0.307 e. The second-order valence-electron chi connectivity index (χ2n) is 7.22. The van der Waals surface area contributed by atoms with Crippen molar-refractivity contribution in [2.75, 3.05) is 0 Å². The molecule has 1 unspecified atom stereocenters. The lowest BCUT2D eigenvalue weighted by atomic mass is 9.94. The van der Waals surface area contributed by atoms with Gasteiger partial charge in [-0.05, 0) is 48.0 Å². The van der Waals surface area contributed by atoms with Crippen LogP contribution in [0.3, 0.4) is 0 Å². The van der Waals surface area contributed by atoms with Crippen molar-refractivity contribution in [3.63, 3.8) is 0 Å². The summed E-state index contributed by atoms with van der Waals surface area (Å²) in [5.74, 6) is 0.616. The molecule has 1 aliphatic rings. The first-order valence-corrected chi connectivity index (χ1v) is 13.0. The third kappa shape index (κ3) is 3.74. The van der Waals surface area contributed by atoms with Gasteiger partial charge in [0, 0.05) is 25.6 Å². The van der Waals surface area contributed by atoms with Gasteiger partial charge in [0.1, 0.15) is 5.76 Å². The zero-order chi connectivity index (χ0) is 21.4. The normalized spacial score (nSPS) is 17.7. The summed E-state index contributed by atoms with van der Waals surface area (Å²) >= 11 is 7.16. The molecule has 5 heteroatoms. The molecule has 152 valence electrons. The van der Waals surface area contributed by atoms with Crippen molar-refractivity contribution in [2.45, 2.75) is 0 Å². The van der Waals surface area contributed by atoms with Gasteiger partial charge in [-0.2, -0.15) is 0 Å². The summed E-state index contributed by atoms with van der Waals surface area (Å²) in [5, 5.41) is 1.40. The molecule has 0 N–H and O–H groups in total. The minimum absolute atomic E-state index is 0.616. The number of hydrogen-bond acceptors (Lipinski definition) is 2. The van der Waals surface area contributed by atoms with Crippen molar-refractivity contribution in [1.29, 1.82) is 0 Å². The molecule has 2 nitrogen and oxygen atoms in total. The van der Waals surface area contributed by atoms with Crippen LogP contribution in [0, 0.1) is 0 Å². The molecule has 0 saturated carbocycles. The van der Waals surface area contributed by atoms with Crippen molar-refractivity contribution in [2.24, 2.45) is 0 Å². The topological polar surface area (TPSA) is 26.3 Å². The Bertz CT molecular complexity index is 1360. The highest BCUT2D eigenvalue weighted by molar-refractivity contribution is 9.10. The quantitative estimate of drug-likeness (QED) is 0.248. The van der Waals surface area contributed by atoms with E-state index in [4.69, 9.17) is 4.52 Å². The average molecular weight is 552 g/mol. The molecule has 0 aliphatic carbocycles. The SMILES string of the molecule is O=P1(c2ccccc2)OC(c2cccc(Br)c2)=C(c2cccc(Br)c2)c2ccccc21. The Morgan fingerprint density at radius 1 is 0.645 bits per heavy atom. The maximum Gasteiger partial charge on any atom is 0.307 e. The molecule has 5 rings (SSSR count). The molecule has 0 saturated heterocycles. The molecule has 0 bridgehead atoms. The highest BCUT2D eigenvalue weighted by Gasteiger charge is 2.39. The van der Waals surface area contributed by atoms with E-state index in [9.17, 15) is 4.57 Å². The molecule has 0 radical (unpaired) electrons. The van der Waals surface area contributed by atoms with E-state index in [2.05, 4.69) is 44.0 Å². The van der Waals surface area contributed by atoms with Crippen LogP contribution in [0.4, 0.5) is 0 Å². The van der Waals surface area contributed by atoms with Crippen molar-refractivity contribution >= 4 is 61.2 Å². The molecular formula is C26H17Br2O2P. The third-order valence-corrected chi connectivity index (χ3v) is 8.66.